The van der Waals surface area contributed by atoms with Gasteiger partial charge >= 0.3 is 6.18 Å². The highest BCUT2D eigenvalue weighted by Gasteiger charge is 2.32. The first-order valence-electron chi connectivity index (χ1n) is 3.95. The first kappa shape index (κ1) is 11.8. The van der Waals surface area contributed by atoms with Crippen molar-refractivity contribution in [2.24, 2.45) is 0 Å². The highest BCUT2D eigenvalue weighted by atomic mass is 35.5. The third kappa shape index (κ3) is 2.60. The van der Waals surface area contributed by atoms with Crippen LogP contribution >= 0.6 is 11.6 Å². The summed E-state index contributed by atoms with van der Waals surface area (Å²) in [5.74, 6) is 0. The van der Waals surface area contributed by atoms with Crippen LogP contribution in [-0.2, 0) is 6.18 Å². The van der Waals surface area contributed by atoms with Crippen molar-refractivity contribution >= 4 is 11.6 Å². The molecule has 0 aromatic carbocycles. The van der Waals surface area contributed by atoms with Gasteiger partial charge in [0.15, 0.2) is 0 Å². The molecule has 0 aliphatic rings. The highest BCUT2D eigenvalue weighted by Crippen LogP contribution is 2.33. The molecule has 0 aliphatic heterocycles. The first-order valence-corrected chi connectivity index (χ1v) is 4.33. The van der Waals surface area contributed by atoms with E-state index in [9.17, 15) is 13.2 Å². The summed E-state index contributed by atoms with van der Waals surface area (Å²) in [7, 11) is 0. The maximum atomic E-state index is 12.3. The first-order chi connectivity index (χ1) is 6.86. The lowest BCUT2D eigenvalue weighted by atomic mass is 10.1. The van der Waals surface area contributed by atoms with Crippen molar-refractivity contribution in [1.29, 1.82) is 0 Å². The molecule has 2 nitrogen and oxygen atoms in total. The van der Waals surface area contributed by atoms with E-state index in [0.29, 0.717) is 6.20 Å². The van der Waals surface area contributed by atoms with Crippen LogP contribution in [0, 0.1) is 6.57 Å². The predicted molar refractivity (Wildman–Crippen MR) is 49.3 cm³/mol. The molecule has 1 aromatic heterocycles. The van der Waals surface area contributed by atoms with Crippen LogP contribution in [0.4, 0.5) is 13.2 Å². The molecule has 0 spiro atoms. The smallest absolute Gasteiger partial charge is 0.309 e. The minimum Gasteiger partial charge on any atom is -0.309 e. The van der Waals surface area contributed by atoms with Gasteiger partial charge in [0, 0.05) is 13.1 Å². The maximum absolute atomic E-state index is 12.3. The number of rotatable bonds is 1. The van der Waals surface area contributed by atoms with Crippen LogP contribution in [0.2, 0.25) is 5.15 Å². The number of hydrogen-bond acceptors (Lipinski definition) is 1. The van der Waals surface area contributed by atoms with Gasteiger partial charge in [-0.15, -0.1) is 0 Å². The quantitative estimate of drug-likeness (QED) is 0.535. The second kappa shape index (κ2) is 4.07. The molecular formula is C9H6ClF3N2. The molecule has 15 heavy (non-hydrogen) atoms. The van der Waals surface area contributed by atoms with Gasteiger partial charge in [-0.3, -0.25) is 0 Å². The second-order valence-corrected chi connectivity index (χ2v) is 3.26. The Hall–Kier alpha value is -1.28. The fourth-order valence-corrected chi connectivity index (χ4v) is 1.24. The van der Waals surface area contributed by atoms with Gasteiger partial charge in [0.1, 0.15) is 5.15 Å². The SMILES string of the molecule is [C-]#[N+]C(C)c1cc(C(F)(F)F)cnc1Cl. The van der Waals surface area contributed by atoms with Gasteiger partial charge in [-0.2, -0.15) is 13.2 Å². The number of halogens is 4. The van der Waals surface area contributed by atoms with Crippen molar-refractivity contribution < 1.29 is 13.2 Å². The molecular weight excluding hydrogens is 229 g/mol. The number of aromatic nitrogens is 1. The predicted octanol–water partition coefficient (Wildman–Crippen LogP) is 3.73. The molecule has 80 valence electrons. The Morgan fingerprint density at radius 3 is 2.60 bits per heavy atom. The Bertz CT molecular complexity index is 409. The number of hydrogen-bond donors (Lipinski definition) is 0. The second-order valence-electron chi connectivity index (χ2n) is 2.91. The van der Waals surface area contributed by atoms with Crippen molar-refractivity contribution in [1.82, 2.24) is 4.98 Å². The molecule has 0 fully saturated rings. The summed E-state index contributed by atoms with van der Waals surface area (Å²) in [6, 6.07) is 0.130. The number of alkyl halides is 3. The maximum Gasteiger partial charge on any atom is 0.417 e. The molecule has 0 N–H and O–H groups in total. The molecule has 0 amide bonds. The number of pyridine rings is 1. The van der Waals surface area contributed by atoms with E-state index in [4.69, 9.17) is 18.2 Å². The van der Waals surface area contributed by atoms with Crippen molar-refractivity contribution in [2.45, 2.75) is 19.1 Å². The van der Waals surface area contributed by atoms with Gasteiger partial charge in [-0.05, 0) is 6.07 Å². The molecule has 1 aromatic rings. The van der Waals surface area contributed by atoms with Gasteiger partial charge in [-0.25, -0.2) is 11.6 Å². The summed E-state index contributed by atoms with van der Waals surface area (Å²) in [6.45, 7) is 8.19. The van der Waals surface area contributed by atoms with Crippen molar-refractivity contribution in [3.8, 4) is 0 Å². The molecule has 6 heteroatoms. The summed E-state index contributed by atoms with van der Waals surface area (Å²) in [5.41, 5.74) is -0.793. The van der Waals surface area contributed by atoms with Crippen LogP contribution in [-0.4, -0.2) is 4.98 Å². The summed E-state index contributed by atoms with van der Waals surface area (Å²) in [5, 5.41) is -0.0634. The van der Waals surface area contributed by atoms with Crippen molar-refractivity contribution in [3.05, 3.63) is 40.0 Å². The lowest BCUT2D eigenvalue weighted by Gasteiger charge is -2.08. The lowest BCUT2D eigenvalue weighted by molar-refractivity contribution is -0.137. The van der Waals surface area contributed by atoms with Gasteiger partial charge in [-0.1, -0.05) is 11.6 Å². The van der Waals surface area contributed by atoms with Crippen LogP contribution in [0.5, 0.6) is 0 Å². The van der Waals surface area contributed by atoms with Gasteiger partial charge in [0.25, 0.3) is 0 Å². The molecule has 1 atom stereocenters. The Kier molecular flexibility index (Phi) is 3.20. The number of nitrogens with zero attached hydrogens (tertiary/aromatic N) is 2. The fourth-order valence-electron chi connectivity index (χ4n) is 0.983. The van der Waals surface area contributed by atoms with Gasteiger partial charge in [0.2, 0.25) is 6.04 Å². The molecule has 0 aliphatic carbocycles. The Morgan fingerprint density at radius 1 is 1.53 bits per heavy atom. The van der Waals surface area contributed by atoms with Crippen molar-refractivity contribution in [3.63, 3.8) is 0 Å². The van der Waals surface area contributed by atoms with Gasteiger partial charge in [0.05, 0.1) is 11.1 Å². The largest absolute Gasteiger partial charge is 0.417 e. The molecule has 0 saturated carbocycles. The Labute approximate surface area is 89.5 Å². The van der Waals surface area contributed by atoms with Crippen LogP contribution in [0.1, 0.15) is 24.1 Å². The van der Waals surface area contributed by atoms with E-state index < -0.39 is 17.8 Å². The van der Waals surface area contributed by atoms with E-state index in [2.05, 4.69) is 9.83 Å². The lowest BCUT2D eigenvalue weighted by Crippen LogP contribution is -2.07. The third-order valence-electron chi connectivity index (χ3n) is 1.84. The molecule has 1 rings (SSSR count). The van der Waals surface area contributed by atoms with E-state index in [1.165, 1.54) is 6.92 Å². The molecule has 0 radical (unpaired) electrons. The monoisotopic (exact) mass is 234 g/mol. The van der Waals surface area contributed by atoms with E-state index in [0.717, 1.165) is 6.07 Å². The average Bonchev–Trinajstić information content (AvgIpc) is 2.15. The van der Waals surface area contributed by atoms with Gasteiger partial charge < -0.3 is 4.85 Å². The summed E-state index contributed by atoms with van der Waals surface area (Å²) < 4.78 is 36.9. The Balaban J connectivity index is 3.24. The molecule has 0 bridgehead atoms. The van der Waals surface area contributed by atoms with Crippen LogP contribution in [0.25, 0.3) is 4.85 Å². The average molecular weight is 235 g/mol. The normalized spacial score (nSPS) is 13.3. The van der Waals surface area contributed by atoms with E-state index in [-0.39, 0.29) is 10.7 Å². The zero-order chi connectivity index (χ0) is 11.6. The third-order valence-corrected chi connectivity index (χ3v) is 2.15. The summed E-state index contributed by atoms with van der Waals surface area (Å²) in [4.78, 5) is 6.52. The van der Waals surface area contributed by atoms with Crippen LogP contribution in [0.3, 0.4) is 0 Å². The highest BCUT2D eigenvalue weighted by molar-refractivity contribution is 6.30. The minimum absolute atomic E-state index is 0.0634. The van der Waals surface area contributed by atoms with E-state index in [1.54, 1.807) is 0 Å². The zero-order valence-corrected chi connectivity index (χ0v) is 8.39. The Morgan fingerprint density at radius 2 is 2.13 bits per heavy atom. The fraction of sp³-hybridized carbons (Fsp3) is 0.333. The summed E-state index contributed by atoms with van der Waals surface area (Å²) in [6.07, 6.45) is -3.81. The standard InChI is InChI=1S/C9H6ClF3N2/c1-5(14-2)7-3-6(9(11,12)13)4-15-8(7)10/h3-5H,1H3. The topological polar surface area (TPSA) is 17.2 Å². The van der Waals surface area contributed by atoms with E-state index >= 15 is 0 Å². The van der Waals surface area contributed by atoms with Crippen molar-refractivity contribution in [2.75, 3.05) is 0 Å². The molecule has 0 saturated heterocycles. The molecule has 1 unspecified atom stereocenters. The zero-order valence-electron chi connectivity index (χ0n) is 7.64. The summed E-state index contributed by atoms with van der Waals surface area (Å²) >= 11 is 5.60. The minimum atomic E-state index is -4.46. The molecule has 1 heterocycles. The van der Waals surface area contributed by atoms with E-state index in [1.807, 2.05) is 0 Å². The van der Waals surface area contributed by atoms with Crippen LogP contribution in [0.15, 0.2) is 12.3 Å². The van der Waals surface area contributed by atoms with Crippen LogP contribution < -0.4 is 0 Å².